The van der Waals surface area contributed by atoms with E-state index in [1.807, 2.05) is 60.4 Å². The van der Waals surface area contributed by atoms with E-state index in [4.69, 9.17) is 9.47 Å². The van der Waals surface area contributed by atoms with Crippen molar-refractivity contribution in [3.8, 4) is 11.5 Å². The highest BCUT2D eigenvalue weighted by Crippen LogP contribution is 2.32. The van der Waals surface area contributed by atoms with Crippen LogP contribution in [0.3, 0.4) is 0 Å². The second-order valence-electron chi connectivity index (χ2n) is 6.99. The molecule has 1 saturated heterocycles. The second-order valence-corrected chi connectivity index (χ2v) is 6.99. The highest BCUT2D eigenvalue weighted by atomic mass is 16.7. The number of carbonyl (C=O) groups excluding carboxylic acids is 1. The third-order valence-electron chi connectivity index (χ3n) is 5.02. The van der Waals surface area contributed by atoms with Gasteiger partial charge in [0.2, 0.25) is 12.7 Å². The Morgan fingerprint density at radius 3 is 2.52 bits per heavy atom. The quantitative estimate of drug-likeness (QED) is 0.782. The maximum absolute atomic E-state index is 12.7. The summed E-state index contributed by atoms with van der Waals surface area (Å²) in [5.41, 5.74) is 3.05. The van der Waals surface area contributed by atoms with Crippen molar-refractivity contribution in [2.75, 3.05) is 33.0 Å². The summed E-state index contributed by atoms with van der Waals surface area (Å²) in [6, 6.07) is 16.1. The molecule has 4 rings (SSSR count). The smallest absolute Gasteiger partial charge is 0.249 e. The number of amides is 1. The predicted octanol–water partition coefficient (Wildman–Crippen LogP) is 3.16. The Labute approximate surface area is 159 Å². The summed E-state index contributed by atoms with van der Waals surface area (Å²) < 4.78 is 10.8. The molecule has 140 valence electrons. The molecule has 27 heavy (non-hydrogen) atoms. The number of hydrogen-bond acceptors (Lipinski definition) is 4. The Balaban J connectivity index is 1.32. The van der Waals surface area contributed by atoms with Crippen LogP contribution in [0.5, 0.6) is 11.5 Å². The van der Waals surface area contributed by atoms with Gasteiger partial charge in [-0.15, -0.1) is 0 Å². The van der Waals surface area contributed by atoms with E-state index in [2.05, 4.69) is 11.0 Å². The largest absolute Gasteiger partial charge is 0.454 e. The molecule has 0 bridgehead atoms. The second kappa shape index (κ2) is 7.84. The fourth-order valence-corrected chi connectivity index (χ4v) is 3.52. The molecule has 0 radical (unpaired) electrons. The minimum atomic E-state index is 0.126. The Morgan fingerprint density at radius 2 is 1.74 bits per heavy atom. The lowest BCUT2D eigenvalue weighted by molar-refractivity contribution is -0.128. The van der Waals surface area contributed by atoms with Crippen molar-refractivity contribution in [1.82, 2.24) is 9.80 Å². The summed E-state index contributed by atoms with van der Waals surface area (Å²) in [7, 11) is 0. The standard InChI is InChI=1S/C22H24N2O3/c1-17(13-18-5-3-2-4-6-18)22(25)24-11-9-23(10-12-24)15-19-7-8-20-21(14-19)27-16-26-20/h2-8,13-14H,9-12,15-16H2,1H3/b17-13+. The molecule has 0 atom stereocenters. The summed E-state index contributed by atoms with van der Waals surface area (Å²) in [6.07, 6.45) is 1.96. The van der Waals surface area contributed by atoms with Gasteiger partial charge in [0.25, 0.3) is 0 Å². The van der Waals surface area contributed by atoms with E-state index in [0.29, 0.717) is 6.79 Å². The molecule has 1 fully saturated rings. The zero-order valence-corrected chi connectivity index (χ0v) is 15.6. The normalized spacial score (nSPS) is 17.2. The molecule has 1 amide bonds. The lowest BCUT2D eigenvalue weighted by atomic mass is 10.1. The maximum Gasteiger partial charge on any atom is 0.249 e. The van der Waals surface area contributed by atoms with Gasteiger partial charge in [-0.2, -0.15) is 0 Å². The number of benzene rings is 2. The molecule has 2 aromatic rings. The molecular weight excluding hydrogens is 340 g/mol. The van der Waals surface area contributed by atoms with Crippen molar-refractivity contribution in [3.05, 3.63) is 65.2 Å². The van der Waals surface area contributed by atoms with Crippen LogP contribution in [0.25, 0.3) is 6.08 Å². The van der Waals surface area contributed by atoms with Gasteiger partial charge in [-0.05, 0) is 36.3 Å². The van der Waals surface area contributed by atoms with Crippen molar-refractivity contribution < 1.29 is 14.3 Å². The molecule has 0 aliphatic carbocycles. The lowest BCUT2D eigenvalue weighted by Crippen LogP contribution is -2.48. The Morgan fingerprint density at radius 1 is 1.00 bits per heavy atom. The van der Waals surface area contributed by atoms with Crippen molar-refractivity contribution in [3.63, 3.8) is 0 Å². The number of hydrogen-bond donors (Lipinski definition) is 0. The zero-order chi connectivity index (χ0) is 18.6. The molecule has 2 aliphatic rings. The van der Waals surface area contributed by atoms with Crippen molar-refractivity contribution >= 4 is 12.0 Å². The van der Waals surface area contributed by atoms with Crippen LogP contribution in [0.1, 0.15) is 18.1 Å². The monoisotopic (exact) mass is 364 g/mol. The van der Waals surface area contributed by atoms with Gasteiger partial charge in [0.15, 0.2) is 11.5 Å². The molecule has 2 heterocycles. The van der Waals surface area contributed by atoms with E-state index >= 15 is 0 Å². The van der Waals surface area contributed by atoms with Crippen LogP contribution in [0.4, 0.5) is 0 Å². The molecule has 2 aromatic carbocycles. The van der Waals surface area contributed by atoms with E-state index in [1.165, 1.54) is 5.56 Å². The highest BCUT2D eigenvalue weighted by Gasteiger charge is 2.22. The third-order valence-corrected chi connectivity index (χ3v) is 5.02. The summed E-state index contributed by atoms with van der Waals surface area (Å²) in [5.74, 6) is 1.76. The average Bonchev–Trinajstić information content (AvgIpc) is 3.16. The van der Waals surface area contributed by atoms with Gasteiger partial charge in [0.1, 0.15) is 0 Å². The topological polar surface area (TPSA) is 42.0 Å². The van der Waals surface area contributed by atoms with Crippen molar-refractivity contribution in [2.24, 2.45) is 0 Å². The highest BCUT2D eigenvalue weighted by molar-refractivity contribution is 5.97. The van der Waals surface area contributed by atoms with Crippen LogP contribution in [-0.4, -0.2) is 48.7 Å². The van der Waals surface area contributed by atoms with Crippen LogP contribution in [0.15, 0.2) is 54.1 Å². The zero-order valence-electron chi connectivity index (χ0n) is 15.6. The Bertz CT molecular complexity index is 840. The van der Waals surface area contributed by atoms with E-state index < -0.39 is 0 Å². The van der Waals surface area contributed by atoms with Crippen LogP contribution >= 0.6 is 0 Å². The minimum Gasteiger partial charge on any atom is -0.454 e. The molecule has 0 spiro atoms. The maximum atomic E-state index is 12.7. The first-order valence-electron chi connectivity index (χ1n) is 9.32. The Hall–Kier alpha value is -2.79. The Kier molecular flexibility index (Phi) is 5.12. The molecule has 5 heteroatoms. The number of piperazine rings is 1. The number of nitrogens with zero attached hydrogens (tertiary/aromatic N) is 2. The van der Waals surface area contributed by atoms with E-state index in [1.54, 1.807) is 0 Å². The van der Waals surface area contributed by atoms with Gasteiger partial charge in [-0.1, -0.05) is 36.4 Å². The average molecular weight is 364 g/mol. The van der Waals surface area contributed by atoms with Crippen LogP contribution in [0, 0.1) is 0 Å². The number of carbonyl (C=O) groups is 1. The summed E-state index contributed by atoms with van der Waals surface area (Å²) in [6.45, 7) is 6.31. The SMILES string of the molecule is C/C(=C\c1ccccc1)C(=O)N1CCN(Cc2ccc3c(c2)OCO3)CC1. The number of fused-ring (bicyclic) bond motifs is 1. The summed E-state index contributed by atoms with van der Waals surface area (Å²) in [4.78, 5) is 17.0. The summed E-state index contributed by atoms with van der Waals surface area (Å²) >= 11 is 0. The first kappa shape index (κ1) is 17.6. The van der Waals surface area contributed by atoms with Gasteiger partial charge in [-0.3, -0.25) is 9.69 Å². The van der Waals surface area contributed by atoms with Crippen LogP contribution in [-0.2, 0) is 11.3 Å². The van der Waals surface area contributed by atoms with Gasteiger partial charge in [0, 0.05) is 38.3 Å². The van der Waals surface area contributed by atoms with E-state index in [9.17, 15) is 4.79 Å². The predicted molar refractivity (Wildman–Crippen MR) is 105 cm³/mol. The molecule has 2 aliphatic heterocycles. The minimum absolute atomic E-state index is 0.126. The van der Waals surface area contributed by atoms with Gasteiger partial charge in [-0.25, -0.2) is 0 Å². The first-order valence-corrected chi connectivity index (χ1v) is 9.32. The number of rotatable bonds is 4. The fourth-order valence-electron chi connectivity index (χ4n) is 3.52. The van der Waals surface area contributed by atoms with E-state index in [0.717, 1.165) is 55.4 Å². The molecule has 0 N–H and O–H groups in total. The summed E-state index contributed by atoms with van der Waals surface area (Å²) in [5, 5.41) is 0. The molecule has 0 unspecified atom stereocenters. The molecule has 0 saturated carbocycles. The van der Waals surface area contributed by atoms with Crippen molar-refractivity contribution in [2.45, 2.75) is 13.5 Å². The van der Waals surface area contributed by atoms with Crippen LogP contribution in [0.2, 0.25) is 0 Å². The lowest BCUT2D eigenvalue weighted by Gasteiger charge is -2.35. The first-order chi connectivity index (χ1) is 13.2. The van der Waals surface area contributed by atoms with Crippen LogP contribution < -0.4 is 9.47 Å². The molecule has 0 aromatic heterocycles. The van der Waals surface area contributed by atoms with Gasteiger partial charge in [0.05, 0.1) is 0 Å². The van der Waals surface area contributed by atoms with E-state index in [-0.39, 0.29) is 5.91 Å². The van der Waals surface area contributed by atoms with Gasteiger partial charge >= 0.3 is 0 Å². The molecular formula is C22H24N2O3. The van der Waals surface area contributed by atoms with Gasteiger partial charge < -0.3 is 14.4 Å². The number of ether oxygens (including phenoxy) is 2. The molecule has 5 nitrogen and oxygen atoms in total. The van der Waals surface area contributed by atoms with Crippen molar-refractivity contribution in [1.29, 1.82) is 0 Å². The fraction of sp³-hybridized carbons (Fsp3) is 0.318. The third kappa shape index (κ3) is 4.14.